The number of ketones is 1. The summed E-state index contributed by atoms with van der Waals surface area (Å²) in [6, 6.07) is 12.0. The minimum Gasteiger partial charge on any atom is -0.340 e. The lowest BCUT2D eigenvalue weighted by Crippen LogP contribution is -1.97. The van der Waals surface area contributed by atoms with Crippen LogP contribution in [0.5, 0.6) is 0 Å². The van der Waals surface area contributed by atoms with Crippen molar-refractivity contribution < 1.29 is 4.79 Å². The van der Waals surface area contributed by atoms with Gasteiger partial charge in [0.25, 0.3) is 0 Å². The van der Waals surface area contributed by atoms with Gasteiger partial charge in [-0.2, -0.15) is 0 Å². The second kappa shape index (κ2) is 9.96. The summed E-state index contributed by atoms with van der Waals surface area (Å²) in [6.07, 6.45) is 6.71. The number of unbranched alkanes of at least 4 members (excludes halogenated alkanes) is 2. The van der Waals surface area contributed by atoms with Crippen LogP contribution in [-0.2, 0) is 6.42 Å². The zero-order chi connectivity index (χ0) is 14.6. The van der Waals surface area contributed by atoms with Crippen LogP contribution in [0.2, 0.25) is 0 Å². The van der Waals surface area contributed by atoms with Crippen molar-refractivity contribution >= 4 is 5.78 Å². The molecule has 0 saturated heterocycles. The molecule has 0 amide bonds. The summed E-state index contributed by atoms with van der Waals surface area (Å²) in [5, 5.41) is 0. The van der Waals surface area contributed by atoms with Gasteiger partial charge in [0.1, 0.15) is 11.5 Å². The molecule has 0 unspecified atom stereocenters. The Hall–Kier alpha value is -1.90. The van der Waals surface area contributed by atoms with E-state index >= 15 is 0 Å². The van der Waals surface area contributed by atoms with Crippen molar-refractivity contribution in [3.05, 3.63) is 54.1 Å². The fraction of sp³-hybridized carbons (Fsp3) is 0.412. The Morgan fingerprint density at radius 1 is 1.05 bits per heavy atom. The van der Waals surface area contributed by atoms with Crippen LogP contribution < -0.4 is 0 Å². The molecule has 0 bridgehead atoms. The molecule has 3 nitrogen and oxygen atoms in total. The fourth-order valence-electron chi connectivity index (χ4n) is 1.75. The average Bonchev–Trinajstić information content (AvgIpc) is 2.98. The Balaban J connectivity index is 0.000000276. The summed E-state index contributed by atoms with van der Waals surface area (Å²) in [5.41, 5.74) is 0.652. The van der Waals surface area contributed by atoms with Crippen LogP contribution >= 0.6 is 0 Å². The summed E-state index contributed by atoms with van der Waals surface area (Å²) in [4.78, 5) is 18.5. The average molecular weight is 272 g/mol. The number of H-pyrrole nitrogens is 1. The van der Waals surface area contributed by atoms with Gasteiger partial charge < -0.3 is 4.98 Å². The minimum atomic E-state index is 0.138. The first-order valence-corrected chi connectivity index (χ1v) is 7.35. The third-order valence-corrected chi connectivity index (χ3v) is 2.93. The monoisotopic (exact) mass is 272 g/mol. The van der Waals surface area contributed by atoms with Gasteiger partial charge in [-0.05, 0) is 6.42 Å². The summed E-state index contributed by atoms with van der Waals surface area (Å²) in [7, 11) is 0. The largest absolute Gasteiger partial charge is 0.340 e. The SMILES string of the molecule is CCCCCc1ncc(C(=O)CC)[nH]1.c1ccccc1. The molecule has 2 aromatic rings. The lowest BCUT2D eigenvalue weighted by Gasteiger charge is -1.95. The zero-order valence-corrected chi connectivity index (χ0v) is 12.4. The van der Waals surface area contributed by atoms with E-state index < -0.39 is 0 Å². The van der Waals surface area contributed by atoms with Gasteiger partial charge >= 0.3 is 0 Å². The maximum Gasteiger partial charge on any atom is 0.180 e. The molecule has 1 aromatic carbocycles. The van der Waals surface area contributed by atoms with Gasteiger partial charge in [0.05, 0.1) is 6.20 Å². The summed E-state index contributed by atoms with van der Waals surface area (Å²) in [6.45, 7) is 4.04. The number of aromatic amines is 1. The number of rotatable bonds is 6. The van der Waals surface area contributed by atoms with Crippen LogP contribution in [0.15, 0.2) is 42.6 Å². The molecule has 1 heterocycles. The van der Waals surface area contributed by atoms with E-state index in [4.69, 9.17) is 0 Å². The van der Waals surface area contributed by atoms with Gasteiger partial charge in [-0.15, -0.1) is 0 Å². The van der Waals surface area contributed by atoms with Crippen molar-refractivity contribution in [1.82, 2.24) is 9.97 Å². The molecule has 1 N–H and O–H groups in total. The first-order valence-electron chi connectivity index (χ1n) is 7.35. The first kappa shape index (κ1) is 16.2. The van der Waals surface area contributed by atoms with Crippen molar-refractivity contribution in [3.63, 3.8) is 0 Å². The smallest absolute Gasteiger partial charge is 0.180 e. The highest BCUT2D eigenvalue weighted by Gasteiger charge is 2.06. The molecule has 0 fully saturated rings. The van der Waals surface area contributed by atoms with Crippen molar-refractivity contribution in [2.24, 2.45) is 0 Å². The van der Waals surface area contributed by atoms with Gasteiger partial charge in [-0.3, -0.25) is 4.79 Å². The molecule has 108 valence electrons. The number of hydrogen-bond acceptors (Lipinski definition) is 2. The Morgan fingerprint density at radius 2 is 1.65 bits per heavy atom. The van der Waals surface area contributed by atoms with E-state index in [9.17, 15) is 4.79 Å². The normalized spacial score (nSPS) is 9.70. The molecular weight excluding hydrogens is 248 g/mol. The predicted octanol–water partition coefficient (Wildman–Crippen LogP) is 4.42. The van der Waals surface area contributed by atoms with Crippen molar-refractivity contribution in [2.45, 2.75) is 46.0 Å². The predicted molar refractivity (Wildman–Crippen MR) is 82.9 cm³/mol. The number of aryl methyl sites for hydroxylation is 1. The van der Waals surface area contributed by atoms with Gasteiger partial charge in [0.2, 0.25) is 0 Å². The fourth-order valence-corrected chi connectivity index (χ4v) is 1.75. The molecule has 20 heavy (non-hydrogen) atoms. The lowest BCUT2D eigenvalue weighted by molar-refractivity contribution is 0.0983. The third kappa shape index (κ3) is 6.32. The molecule has 0 atom stereocenters. The van der Waals surface area contributed by atoms with Crippen molar-refractivity contribution in [2.75, 3.05) is 0 Å². The number of nitrogens with zero attached hydrogens (tertiary/aromatic N) is 1. The minimum absolute atomic E-state index is 0.138. The molecule has 1 aromatic heterocycles. The maximum absolute atomic E-state index is 11.3. The Kier molecular flexibility index (Phi) is 8.04. The molecule has 2 rings (SSSR count). The Labute approximate surface area is 121 Å². The topological polar surface area (TPSA) is 45.8 Å². The van der Waals surface area contributed by atoms with E-state index in [1.54, 1.807) is 6.20 Å². The second-order valence-corrected chi connectivity index (χ2v) is 4.63. The number of Topliss-reactive ketones (excluding diaryl/α,β-unsaturated/α-hetero) is 1. The highest BCUT2D eigenvalue weighted by Crippen LogP contribution is 2.05. The second-order valence-electron chi connectivity index (χ2n) is 4.63. The van der Waals surface area contributed by atoms with Crippen LogP contribution in [0.3, 0.4) is 0 Å². The molecule has 0 aliphatic carbocycles. The number of nitrogens with one attached hydrogen (secondary N) is 1. The van der Waals surface area contributed by atoms with Crippen molar-refractivity contribution in [1.29, 1.82) is 0 Å². The molecule has 0 aliphatic heterocycles. The summed E-state index contributed by atoms with van der Waals surface area (Å²) >= 11 is 0. The van der Waals surface area contributed by atoms with Crippen molar-refractivity contribution in [3.8, 4) is 0 Å². The zero-order valence-electron chi connectivity index (χ0n) is 12.4. The van der Waals surface area contributed by atoms with E-state index in [-0.39, 0.29) is 5.78 Å². The summed E-state index contributed by atoms with van der Waals surface area (Å²) < 4.78 is 0. The molecule has 0 radical (unpaired) electrons. The van der Waals surface area contributed by atoms with Crippen LogP contribution in [-0.4, -0.2) is 15.8 Å². The number of aromatic nitrogens is 2. The molecule has 0 saturated carbocycles. The maximum atomic E-state index is 11.3. The van der Waals surface area contributed by atoms with E-state index in [2.05, 4.69) is 16.9 Å². The molecule has 0 aliphatic rings. The standard InChI is InChI=1S/C11H18N2O.C6H6/c1-3-5-6-7-11-12-8-9(13-11)10(14)4-2;1-2-4-6-5-3-1/h8H,3-7H2,1-2H3,(H,12,13);1-6H. The van der Waals surface area contributed by atoms with Gasteiger partial charge in [-0.25, -0.2) is 4.98 Å². The first-order chi connectivity index (χ1) is 9.77. The van der Waals surface area contributed by atoms with Crippen LogP contribution in [0.4, 0.5) is 0 Å². The lowest BCUT2D eigenvalue weighted by atomic mass is 10.2. The van der Waals surface area contributed by atoms with E-state index in [1.165, 1.54) is 12.8 Å². The highest BCUT2D eigenvalue weighted by atomic mass is 16.1. The number of hydrogen-bond donors (Lipinski definition) is 1. The molecular formula is C17H24N2O. The van der Waals surface area contributed by atoms with Crippen LogP contribution in [0, 0.1) is 0 Å². The number of imidazole rings is 1. The Bertz CT molecular complexity index is 450. The quantitative estimate of drug-likeness (QED) is 0.625. The van der Waals surface area contributed by atoms with E-state index in [0.29, 0.717) is 12.1 Å². The molecule has 0 spiro atoms. The van der Waals surface area contributed by atoms with Crippen LogP contribution in [0.1, 0.15) is 55.8 Å². The van der Waals surface area contributed by atoms with E-state index in [1.807, 2.05) is 43.3 Å². The van der Waals surface area contributed by atoms with Gasteiger partial charge in [0, 0.05) is 12.8 Å². The van der Waals surface area contributed by atoms with Crippen LogP contribution in [0.25, 0.3) is 0 Å². The van der Waals surface area contributed by atoms with Gasteiger partial charge in [0.15, 0.2) is 5.78 Å². The number of carbonyl (C=O) groups is 1. The number of benzene rings is 1. The van der Waals surface area contributed by atoms with Gasteiger partial charge in [-0.1, -0.05) is 63.1 Å². The highest BCUT2D eigenvalue weighted by molar-refractivity contribution is 5.93. The molecule has 3 heteroatoms. The Morgan fingerprint density at radius 3 is 2.15 bits per heavy atom. The summed E-state index contributed by atoms with van der Waals surface area (Å²) in [5.74, 6) is 1.08. The van der Waals surface area contributed by atoms with E-state index in [0.717, 1.165) is 18.7 Å². The number of carbonyl (C=O) groups excluding carboxylic acids is 1. The third-order valence-electron chi connectivity index (χ3n) is 2.93.